The molecule has 4 aliphatic heterocycles. The molecule has 4 aliphatic rings. The Bertz CT molecular complexity index is 2110. The van der Waals surface area contributed by atoms with Gasteiger partial charge in [0.05, 0.1) is 12.2 Å². The topological polar surface area (TPSA) is 142 Å². The zero-order valence-electron chi connectivity index (χ0n) is 32.1. The van der Waals surface area contributed by atoms with Crippen LogP contribution < -0.4 is 20.7 Å². The van der Waals surface area contributed by atoms with E-state index in [-0.39, 0.29) is 35.8 Å². The Balaban J connectivity index is 0.779. The van der Waals surface area contributed by atoms with Crippen molar-refractivity contribution in [2.24, 2.45) is 5.92 Å². The van der Waals surface area contributed by atoms with Crippen molar-refractivity contribution >= 4 is 29.2 Å². The van der Waals surface area contributed by atoms with Crippen molar-refractivity contribution in [3.8, 4) is 16.9 Å². The van der Waals surface area contributed by atoms with E-state index in [1.165, 1.54) is 12.1 Å². The van der Waals surface area contributed by atoms with Crippen molar-refractivity contribution in [3.63, 3.8) is 0 Å². The van der Waals surface area contributed by atoms with Crippen LogP contribution in [-0.2, 0) is 22.7 Å². The van der Waals surface area contributed by atoms with E-state index in [2.05, 4.69) is 37.3 Å². The van der Waals surface area contributed by atoms with Crippen molar-refractivity contribution in [1.82, 2.24) is 34.8 Å². The number of amides is 3. The van der Waals surface area contributed by atoms with Gasteiger partial charge in [-0.1, -0.05) is 12.1 Å². The molecule has 0 spiro atoms. The van der Waals surface area contributed by atoms with Crippen molar-refractivity contribution in [1.29, 1.82) is 0 Å². The lowest BCUT2D eigenvalue weighted by atomic mass is 9.95. The van der Waals surface area contributed by atoms with Gasteiger partial charge in [-0.3, -0.25) is 29.3 Å². The number of aryl methyl sites for hydroxylation is 1. The summed E-state index contributed by atoms with van der Waals surface area (Å²) in [5, 5.41) is 7.18. The van der Waals surface area contributed by atoms with Crippen LogP contribution in [0.2, 0.25) is 0 Å². The van der Waals surface area contributed by atoms with Crippen LogP contribution in [0.1, 0.15) is 65.9 Å². The molecule has 294 valence electrons. The van der Waals surface area contributed by atoms with Gasteiger partial charge in [0.25, 0.3) is 5.91 Å². The number of anilines is 2. The summed E-state index contributed by atoms with van der Waals surface area (Å²) in [6.45, 7) is 13.2. The minimum Gasteiger partial charge on any atom is -0.482 e. The van der Waals surface area contributed by atoms with E-state index in [9.17, 15) is 18.8 Å². The third-order valence-corrected chi connectivity index (χ3v) is 11.9. The normalized spacial score (nSPS) is 20.3. The van der Waals surface area contributed by atoms with E-state index in [1.807, 2.05) is 42.8 Å². The summed E-state index contributed by atoms with van der Waals surface area (Å²) in [5.74, 6) is 0.293. The summed E-state index contributed by atoms with van der Waals surface area (Å²) in [7, 11) is 0. The van der Waals surface area contributed by atoms with Crippen LogP contribution >= 0.6 is 0 Å². The van der Waals surface area contributed by atoms with E-state index in [1.54, 1.807) is 17.2 Å². The van der Waals surface area contributed by atoms with Crippen LogP contribution in [0.4, 0.5) is 15.9 Å². The Labute approximate surface area is 326 Å². The second-order valence-electron chi connectivity index (χ2n) is 15.6. The lowest BCUT2D eigenvalue weighted by Crippen LogP contribution is -2.52. The molecule has 4 aromatic rings. The van der Waals surface area contributed by atoms with Crippen LogP contribution in [-0.4, -0.2) is 106 Å². The van der Waals surface area contributed by atoms with Gasteiger partial charge in [0.2, 0.25) is 11.8 Å². The lowest BCUT2D eigenvalue weighted by molar-refractivity contribution is -0.136. The number of imide groups is 1. The Hall–Kier alpha value is -5.34. The largest absolute Gasteiger partial charge is 0.482 e. The van der Waals surface area contributed by atoms with Gasteiger partial charge < -0.3 is 25.2 Å². The van der Waals surface area contributed by atoms with Crippen molar-refractivity contribution in [2.45, 2.75) is 64.8 Å². The van der Waals surface area contributed by atoms with Crippen LogP contribution in [0.3, 0.4) is 0 Å². The first-order chi connectivity index (χ1) is 27.1. The fourth-order valence-corrected chi connectivity index (χ4v) is 8.57. The SMILES string of the molecule is Cc1nn(CCN2CCN(CC3CCN(c4ccc5c(c4)CN(C4CCC(=O)NC4=O)C5=O)CC3)CC2)cc1-c1cnc(N)c(O[C@H](C)c2cccc(F)c2)c1. The monoisotopic (exact) mass is 763 g/mol. The molecule has 0 aliphatic carbocycles. The van der Waals surface area contributed by atoms with E-state index in [0.717, 1.165) is 105 Å². The number of piperidine rings is 2. The van der Waals surface area contributed by atoms with E-state index in [4.69, 9.17) is 15.6 Å². The first-order valence-electron chi connectivity index (χ1n) is 19.8. The summed E-state index contributed by atoms with van der Waals surface area (Å²) >= 11 is 0. The van der Waals surface area contributed by atoms with Crippen LogP contribution in [0.25, 0.3) is 11.1 Å². The van der Waals surface area contributed by atoms with Crippen LogP contribution in [0, 0.1) is 18.7 Å². The van der Waals surface area contributed by atoms with Gasteiger partial charge in [-0.15, -0.1) is 0 Å². The summed E-state index contributed by atoms with van der Waals surface area (Å²) in [6.07, 6.45) is 6.28. The molecule has 2 atom stereocenters. The number of hydrogen-bond acceptors (Lipinski definition) is 10. The first kappa shape index (κ1) is 37.6. The van der Waals surface area contributed by atoms with Gasteiger partial charge in [-0.25, -0.2) is 9.37 Å². The summed E-state index contributed by atoms with van der Waals surface area (Å²) < 4.78 is 21.9. The molecule has 14 heteroatoms. The molecule has 0 bridgehead atoms. The molecule has 1 unspecified atom stereocenters. The number of nitrogens with zero attached hydrogens (tertiary/aromatic N) is 7. The number of nitrogens with one attached hydrogen (secondary N) is 1. The predicted octanol–water partition coefficient (Wildman–Crippen LogP) is 4.41. The highest BCUT2D eigenvalue weighted by Crippen LogP contribution is 2.34. The summed E-state index contributed by atoms with van der Waals surface area (Å²) in [6, 6.07) is 13.7. The molecule has 56 heavy (non-hydrogen) atoms. The maximum absolute atomic E-state index is 13.8. The molecule has 2 aromatic heterocycles. The van der Waals surface area contributed by atoms with Crippen molar-refractivity contribution < 1.29 is 23.5 Å². The molecular formula is C42H50FN9O4. The Morgan fingerprint density at radius 3 is 2.50 bits per heavy atom. The van der Waals surface area contributed by atoms with Gasteiger partial charge in [0.1, 0.15) is 18.0 Å². The third-order valence-electron chi connectivity index (χ3n) is 11.9. The number of benzene rings is 2. The molecule has 8 rings (SSSR count). The number of carbonyl (C=O) groups excluding carboxylic acids is 3. The van der Waals surface area contributed by atoms with Gasteiger partial charge >= 0.3 is 0 Å². The molecule has 0 radical (unpaired) electrons. The smallest absolute Gasteiger partial charge is 0.255 e. The van der Waals surface area contributed by atoms with Crippen molar-refractivity contribution in [2.75, 3.05) is 63.0 Å². The van der Waals surface area contributed by atoms with Crippen LogP contribution in [0.5, 0.6) is 5.75 Å². The summed E-state index contributed by atoms with van der Waals surface area (Å²) in [4.78, 5) is 50.7. The molecule has 3 amide bonds. The minimum atomic E-state index is -0.594. The molecule has 3 fully saturated rings. The number of pyridine rings is 1. The van der Waals surface area contributed by atoms with Crippen molar-refractivity contribution in [3.05, 3.63) is 89.1 Å². The number of piperazine rings is 1. The zero-order chi connectivity index (χ0) is 38.9. The molecule has 0 saturated carbocycles. The third kappa shape index (κ3) is 8.12. The number of ether oxygens (including phenoxy) is 1. The average Bonchev–Trinajstić information content (AvgIpc) is 3.73. The lowest BCUT2D eigenvalue weighted by Gasteiger charge is -2.39. The van der Waals surface area contributed by atoms with Gasteiger partial charge in [-0.2, -0.15) is 5.10 Å². The average molecular weight is 764 g/mol. The fourth-order valence-electron chi connectivity index (χ4n) is 8.57. The number of halogens is 1. The summed E-state index contributed by atoms with van der Waals surface area (Å²) in [5.41, 5.74) is 12.4. The highest BCUT2D eigenvalue weighted by Gasteiger charge is 2.39. The predicted molar refractivity (Wildman–Crippen MR) is 210 cm³/mol. The number of rotatable bonds is 11. The number of aromatic nitrogens is 3. The molecule has 2 aromatic carbocycles. The van der Waals surface area contributed by atoms with Crippen LogP contribution in [0.15, 0.2) is 60.9 Å². The molecule has 3 N–H and O–H groups in total. The standard InChI is InChI=1S/C42H50FN9O4/c1-27-36(31-22-38(40(44)45-23-31)56-28(2)30-4-3-5-33(43)20-30)26-51(47-27)19-18-48-14-16-49(17-15-48)24-29-10-12-50(13-11-29)34-6-7-35-32(21-34)25-52(42(35)55)37-8-9-39(53)46-41(37)54/h3-7,20-23,26,28-29,37H,8-19,24-25H2,1-2H3,(H2,44,45)(H,46,53,54)/t28-,37?/m1/s1. The second-order valence-corrected chi connectivity index (χ2v) is 15.6. The quantitative estimate of drug-likeness (QED) is 0.211. The number of hydrogen-bond donors (Lipinski definition) is 2. The highest BCUT2D eigenvalue weighted by molar-refractivity contribution is 6.05. The molecule has 3 saturated heterocycles. The Morgan fingerprint density at radius 2 is 1.73 bits per heavy atom. The van der Waals surface area contributed by atoms with E-state index in [0.29, 0.717) is 30.2 Å². The maximum atomic E-state index is 13.8. The molecule has 6 heterocycles. The molecule has 13 nitrogen and oxygen atoms in total. The first-order valence-corrected chi connectivity index (χ1v) is 19.8. The number of carbonyl (C=O) groups is 3. The van der Waals surface area contributed by atoms with E-state index >= 15 is 0 Å². The van der Waals surface area contributed by atoms with Gasteiger partial charge in [0, 0.05) is 100 Å². The van der Waals surface area contributed by atoms with Gasteiger partial charge in [0.15, 0.2) is 11.6 Å². The number of nitrogens with two attached hydrogens (primary N) is 1. The Morgan fingerprint density at radius 1 is 0.946 bits per heavy atom. The van der Waals surface area contributed by atoms with Gasteiger partial charge in [-0.05, 0) is 86.6 Å². The minimum absolute atomic E-state index is 0.131. The maximum Gasteiger partial charge on any atom is 0.255 e. The fraction of sp³-hybridized carbons (Fsp3) is 0.452. The molecular weight excluding hydrogens is 714 g/mol. The number of nitrogen functional groups attached to an aromatic ring is 1. The zero-order valence-corrected chi connectivity index (χ0v) is 32.1. The van der Waals surface area contributed by atoms with E-state index < -0.39 is 12.1 Å². The second kappa shape index (κ2) is 16.0. The number of fused-ring (bicyclic) bond motifs is 1. The Kier molecular flexibility index (Phi) is 10.8. The highest BCUT2D eigenvalue weighted by atomic mass is 19.1.